The molecule has 0 atom stereocenters. The number of carbonyl (C=O) groups is 1. The number of ether oxygens (including phenoxy) is 1. The molecule has 0 aliphatic rings. The topological polar surface area (TPSA) is 117 Å². The van der Waals surface area contributed by atoms with Gasteiger partial charge in [0.15, 0.2) is 11.3 Å². The Morgan fingerprint density at radius 3 is 2.68 bits per heavy atom. The number of rotatable bonds is 4. The van der Waals surface area contributed by atoms with Gasteiger partial charge in [-0.2, -0.15) is 4.68 Å². The van der Waals surface area contributed by atoms with Crippen LogP contribution in [0.5, 0.6) is 5.75 Å². The molecular formula is C13H12N6O3. The first-order valence-electron chi connectivity index (χ1n) is 6.33. The number of nitrogens with zero attached hydrogens (tertiary/aromatic N) is 5. The van der Waals surface area contributed by atoms with Crippen LogP contribution in [0.4, 0.5) is 0 Å². The molecule has 0 aliphatic heterocycles. The second-order valence-electron chi connectivity index (χ2n) is 4.53. The summed E-state index contributed by atoms with van der Waals surface area (Å²) in [7, 11) is 1.58. The molecule has 0 aliphatic carbocycles. The Hall–Kier alpha value is -3.23. The van der Waals surface area contributed by atoms with Crippen molar-refractivity contribution in [2.45, 2.75) is 6.54 Å². The first-order chi connectivity index (χ1) is 10.6. The maximum atomic E-state index is 12.3. The molecule has 0 saturated carbocycles. The third-order valence-corrected chi connectivity index (χ3v) is 3.14. The number of imidazole rings is 1. The van der Waals surface area contributed by atoms with E-state index in [1.54, 1.807) is 19.2 Å². The quantitative estimate of drug-likeness (QED) is 0.690. The van der Waals surface area contributed by atoms with Crippen molar-refractivity contribution < 1.29 is 9.53 Å². The second-order valence-corrected chi connectivity index (χ2v) is 4.53. The molecule has 0 bridgehead atoms. The van der Waals surface area contributed by atoms with E-state index in [1.165, 1.54) is 11.0 Å². The van der Waals surface area contributed by atoms with Crippen molar-refractivity contribution in [3.05, 3.63) is 52.3 Å². The summed E-state index contributed by atoms with van der Waals surface area (Å²) >= 11 is 0. The number of primary amides is 1. The number of amides is 1. The van der Waals surface area contributed by atoms with E-state index in [0.717, 1.165) is 15.7 Å². The Morgan fingerprint density at radius 1 is 1.32 bits per heavy atom. The van der Waals surface area contributed by atoms with Crippen LogP contribution in [0, 0.1) is 0 Å². The molecule has 22 heavy (non-hydrogen) atoms. The van der Waals surface area contributed by atoms with Gasteiger partial charge in [0.25, 0.3) is 5.91 Å². The summed E-state index contributed by atoms with van der Waals surface area (Å²) in [5.74, 6) is -0.0394. The minimum atomic E-state index is -0.760. The van der Waals surface area contributed by atoms with E-state index in [1.807, 2.05) is 12.1 Å². The van der Waals surface area contributed by atoms with Crippen molar-refractivity contribution >= 4 is 11.6 Å². The Balaban J connectivity index is 1.99. The van der Waals surface area contributed by atoms with Gasteiger partial charge in [0, 0.05) is 0 Å². The highest BCUT2D eigenvalue weighted by molar-refractivity contribution is 5.96. The van der Waals surface area contributed by atoms with Gasteiger partial charge >= 0.3 is 5.69 Å². The molecule has 2 heterocycles. The first kappa shape index (κ1) is 13.7. The van der Waals surface area contributed by atoms with Crippen molar-refractivity contribution in [2.24, 2.45) is 5.73 Å². The highest BCUT2D eigenvalue weighted by Crippen LogP contribution is 2.11. The van der Waals surface area contributed by atoms with Gasteiger partial charge in [0.2, 0.25) is 0 Å². The van der Waals surface area contributed by atoms with Crippen LogP contribution in [0.1, 0.15) is 16.1 Å². The van der Waals surface area contributed by atoms with Crippen molar-refractivity contribution in [2.75, 3.05) is 7.11 Å². The third-order valence-electron chi connectivity index (χ3n) is 3.14. The summed E-state index contributed by atoms with van der Waals surface area (Å²) in [6, 6.07) is 7.21. The van der Waals surface area contributed by atoms with Gasteiger partial charge < -0.3 is 10.5 Å². The standard InChI is InChI=1S/C13H12N6O3/c1-22-9-4-2-8(3-5-9)6-19-13(21)18-7-15-10(11(14)20)12(18)16-17-19/h2-5,7H,6H2,1H3,(H2,14,20). The molecule has 0 fully saturated rings. The highest BCUT2D eigenvalue weighted by Gasteiger charge is 2.15. The van der Waals surface area contributed by atoms with Crippen molar-refractivity contribution in [1.82, 2.24) is 24.4 Å². The van der Waals surface area contributed by atoms with Gasteiger partial charge in [0.05, 0.1) is 13.7 Å². The number of fused-ring (bicyclic) bond motifs is 1. The second kappa shape index (κ2) is 5.28. The monoisotopic (exact) mass is 300 g/mol. The van der Waals surface area contributed by atoms with E-state index in [2.05, 4.69) is 15.3 Å². The summed E-state index contributed by atoms with van der Waals surface area (Å²) in [5.41, 5.74) is 5.52. The van der Waals surface area contributed by atoms with Crippen LogP contribution >= 0.6 is 0 Å². The van der Waals surface area contributed by atoms with Gasteiger partial charge in [-0.1, -0.05) is 17.3 Å². The Kier molecular flexibility index (Phi) is 3.30. The van der Waals surface area contributed by atoms with E-state index < -0.39 is 11.6 Å². The first-order valence-corrected chi connectivity index (χ1v) is 6.33. The van der Waals surface area contributed by atoms with Gasteiger partial charge in [0.1, 0.15) is 12.1 Å². The molecule has 1 amide bonds. The largest absolute Gasteiger partial charge is 0.497 e. The summed E-state index contributed by atoms with van der Waals surface area (Å²) in [4.78, 5) is 27.3. The maximum Gasteiger partial charge on any atom is 0.353 e. The van der Waals surface area contributed by atoms with Crippen LogP contribution in [0.25, 0.3) is 5.65 Å². The summed E-state index contributed by atoms with van der Waals surface area (Å²) in [5, 5.41) is 7.65. The summed E-state index contributed by atoms with van der Waals surface area (Å²) in [6.07, 6.45) is 1.21. The van der Waals surface area contributed by atoms with Crippen LogP contribution in [-0.2, 0) is 6.54 Å². The van der Waals surface area contributed by atoms with Crippen LogP contribution in [0.3, 0.4) is 0 Å². The number of benzene rings is 1. The van der Waals surface area contributed by atoms with Crippen molar-refractivity contribution in [3.63, 3.8) is 0 Å². The van der Waals surface area contributed by atoms with Crippen LogP contribution in [-0.4, -0.2) is 37.4 Å². The Labute approximate surface area is 124 Å². The van der Waals surface area contributed by atoms with Gasteiger partial charge in [-0.3, -0.25) is 4.79 Å². The average molecular weight is 300 g/mol. The molecular weight excluding hydrogens is 288 g/mol. The minimum absolute atomic E-state index is 0.0449. The SMILES string of the molecule is COc1ccc(Cn2nnc3c(C(N)=O)ncn3c2=O)cc1. The van der Waals surface area contributed by atoms with Crippen LogP contribution in [0.2, 0.25) is 0 Å². The molecule has 0 unspecified atom stereocenters. The van der Waals surface area contributed by atoms with Crippen molar-refractivity contribution in [1.29, 1.82) is 0 Å². The van der Waals surface area contributed by atoms with E-state index >= 15 is 0 Å². The van der Waals surface area contributed by atoms with Gasteiger partial charge in [-0.15, -0.1) is 5.10 Å². The van der Waals surface area contributed by atoms with E-state index in [9.17, 15) is 9.59 Å². The lowest BCUT2D eigenvalue weighted by atomic mass is 10.2. The van der Waals surface area contributed by atoms with E-state index in [4.69, 9.17) is 10.5 Å². The molecule has 3 aromatic rings. The number of methoxy groups -OCH3 is 1. The molecule has 2 N–H and O–H groups in total. The fourth-order valence-electron chi connectivity index (χ4n) is 2.01. The molecule has 0 saturated heterocycles. The van der Waals surface area contributed by atoms with E-state index in [-0.39, 0.29) is 17.9 Å². The zero-order chi connectivity index (χ0) is 15.7. The number of hydrogen-bond acceptors (Lipinski definition) is 6. The lowest BCUT2D eigenvalue weighted by Gasteiger charge is -2.05. The molecule has 0 radical (unpaired) electrons. The van der Waals surface area contributed by atoms with Crippen LogP contribution < -0.4 is 16.2 Å². The molecule has 1 aromatic carbocycles. The molecule has 0 spiro atoms. The zero-order valence-electron chi connectivity index (χ0n) is 11.6. The molecule has 3 rings (SSSR count). The Morgan fingerprint density at radius 2 is 2.05 bits per heavy atom. The van der Waals surface area contributed by atoms with Crippen molar-refractivity contribution in [3.8, 4) is 5.75 Å². The smallest absolute Gasteiger partial charge is 0.353 e. The lowest BCUT2D eigenvalue weighted by molar-refractivity contribution is 0.0997. The number of nitrogens with two attached hydrogens (primary N) is 1. The fourth-order valence-corrected chi connectivity index (χ4v) is 2.01. The zero-order valence-corrected chi connectivity index (χ0v) is 11.6. The summed E-state index contributed by atoms with van der Waals surface area (Å²) in [6.45, 7) is 0.232. The number of aromatic nitrogens is 5. The van der Waals surface area contributed by atoms with Gasteiger partial charge in [-0.05, 0) is 17.7 Å². The number of hydrogen-bond donors (Lipinski definition) is 1. The van der Waals surface area contributed by atoms with Crippen LogP contribution in [0.15, 0.2) is 35.4 Å². The average Bonchev–Trinajstić information content (AvgIpc) is 2.96. The molecule has 9 nitrogen and oxygen atoms in total. The third kappa shape index (κ3) is 2.28. The maximum absolute atomic E-state index is 12.3. The summed E-state index contributed by atoms with van der Waals surface area (Å²) < 4.78 is 7.38. The fraction of sp³-hybridized carbons (Fsp3) is 0.154. The Bertz CT molecular complexity index is 896. The molecule has 2 aromatic heterocycles. The molecule has 112 valence electrons. The van der Waals surface area contributed by atoms with E-state index in [0.29, 0.717) is 0 Å². The lowest BCUT2D eigenvalue weighted by Crippen LogP contribution is -2.30. The van der Waals surface area contributed by atoms with Gasteiger partial charge in [-0.25, -0.2) is 14.2 Å². The predicted octanol–water partition coefficient (Wildman–Crippen LogP) is -0.558. The number of carbonyl (C=O) groups excluding carboxylic acids is 1. The molecule has 9 heteroatoms. The normalized spacial score (nSPS) is 10.8. The minimum Gasteiger partial charge on any atom is -0.497 e. The predicted molar refractivity (Wildman–Crippen MR) is 75.7 cm³/mol. The highest BCUT2D eigenvalue weighted by atomic mass is 16.5.